The molecule has 1 aliphatic carbocycles. The molecule has 2 fully saturated rings. The number of aromatic nitrogens is 4. The summed E-state index contributed by atoms with van der Waals surface area (Å²) in [6.45, 7) is 3.21. The summed E-state index contributed by atoms with van der Waals surface area (Å²) in [5, 5.41) is 0.368. The van der Waals surface area contributed by atoms with Crippen LogP contribution in [0.5, 0.6) is 11.5 Å². The molecule has 9 heteroatoms. The zero-order valence-corrected chi connectivity index (χ0v) is 19.5. The van der Waals surface area contributed by atoms with Crippen molar-refractivity contribution in [3.8, 4) is 11.5 Å². The van der Waals surface area contributed by atoms with Gasteiger partial charge in [0.25, 0.3) is 0 Å². The van der Waals surface area contributed by atoms with Crippen LogP contribution in [0.1, 0.15) is 31.4 Å². The van der Waals surface area contributed by atoms with E-state index in [1.807, 2.05) is 0 Å². The average molecular weight is 470 g/mol. The average Bonchev–Trinajstić information content (AvgIpc) is 2.86. The molecule has 8 nitrogen and oxygen atoms in total. The predicted molar refractivity (Wildman–Crippen MR) is 126 cm³/mol. The first-order chi connectivity index (χ1) is 16.2. The van der Waals surface area contributed by atoms with E-state index >= 15 is 0 Å². The van der Waals surface area contributed by atoms with Gasteiger partial charge in [0.1, 0.15) is 17.6 Å². The van der Waals surface area contributed by atoms with E-state index in [9.17, 15) is 0 Å². The molecule has 0 bridgehead atoms. The second kappa shape index (κ2) is 10.1. The van der Waals surface area contributed by atoms with E-state index in [0.717, 1.165) is 86.6 Å². The third-order valence-electron chi connectivity index (χ3n) is 6.51. The van der Waals surface area contributed by atoms with Crippen molar-refractivity contribution in [3.63, 3.8) is 0 Å². The molecule has 3 aromatic rings. The van der Waals surface area contributed by atoms with E-state index in [1.54, 1.807) is 19.5 Å². The van der Waals surface area contributed by atoms with Gasteiger partial charge >= 0.3 is 0 Å². The van der Waals surface area contributed by atoms with Gasteiger partial charge in [0.05, 0.1) is 37.6 Å². The van der Waals surface area contributed by atoms with Crippen LogP contribution in [-0.2, 0) is 11.2 Å². The normalized spacial score (nSPS) is 21.2. The lowest BCUT2D eigenvalue weighted by Crippen LogP contribution is -2.36. The summed E-state index contributed by atoms with van der Waals surface area (Å²) < 4.78 is 17.5. The number of rotatable bonds is 6. The lowest BCUT2D eigenvalue weighted by Gasteiger charge is -2.31. The van der Waals surface area contributed by atoms with Crippen LogP contribution >= 0.6 is 11.6 Å². The molecule has 0 spiro atoms. The number of fused-ring (bicyclic) bond motifs is 1. The molecular weight excluding hydrogens is 442 g/mol. The van der Waals surface area contributed by atoms with Gasteiger partial charge in [-0.2, -0.15) is 0 Å². The molecule has 0 atom stereocenters. The smallest absolute Gasteiger partial charge is 0.177 e. The van der Waals surface area contributed by atoms with Crippen molar-refractivity contribution in [2.75, 3.05) is 38.3 Å². The Balaban J connectivity index is 1.28. The zero-order chi connectivity index (χ0) is 22.6. The summed E-state index contributed by atoms with van der Waals surface area (Å²) >= 11 is 6.16. The van der Waals surface area contributed by atoms with Crippen molar-refractivity contribution in [2.45, 2.75) is 38.2 Å². The third-order valence-corrected chi connectivity index (χ3v) is 6.78. The van der Waals surface area contributed by atoms with E-state index < -0.39 is 0 Å². The Morgan fingerprint density at radius 2 is 1.82 bits per heavy atom. The highest BCUT2D eigenvalue weighted by Crippen LogP contribution is 2.36. The van der Waals surface area contributed by atoms with Crippen molar-refractivity contribution < 1.29 is 14.2 Å². The van der Waals surface area contributed by atoms with Gasteiger partial charge in [0, 0.05) is 37.2 Å². The van der Waals surface area contributed by atoms with Gasteiger partial charge in [0.2, 0.25) is 0 Å². The Bertz CT molecular complexity index is 1100. The Labute approximate surface area is 198 Å². The zero-order valence-electron chi connectivity index (χ0n) is 18.7. The van der Waals surface area contributed by atoms with Gasteiger partial charge in [-0.3, -0.25) is 4.98 Å². The van der Waals surface area contributed by atoms with Crippen molar-refractivity contribution in [1.29, 1.82) is 0 Å². The van der Waals surface area contributed by atoms with Crippen LogP contribution in [0.3, 0.4) is 0 Å². The van der Waals surface area contributed by atoms with Crippen LogP contribution in [0.4, 0.5) is 5.69 Å². The van der Waals surface area contributed by atoms with E-state index in [2.05, 4.69) is 37.0 Å². The summed E-state index contributed by atoms with van der Waals surface area (Å²) in [6.07, 6.45) is 10.0. The number of anilines is 1. The van der Waals surface area contributed by atoms with Crippen molar-refractivity contribution in [3.05, 3.63) is 41.7 Å². The Kier molecular flexibility index (Phi) is 6.73. The molecule has 0 unspecified atom stereocenters. The second-order valence-electron chi connectivity index (χ2n) is 8.58. The van der Waals surface area contributed by atoms with Gasteiger partial charge in [0.15, 0.2) is 10.9 Å². The minimum absolute atomic E-state index is 0.155. The van der Waals surface area contributed by atoms with Crippen LogP contribution in [0.25, 0.3) is 11.0 Å². The highest BCUT2D eigenvalue weighted by atomic mass is 35.5. The van der Waals surface area contributed by atoms with Crippen molar-refractivity contribution >= 4 is 28.3 Å². The molecule has 3 heterocycles. The van der Waals surface area contributed by atoms with Crippen LogP contribution < -0.4 is 14.4 Å². The number of halogens is 1. The van der Waals surface area contributed by atoms with Gasteiger partial charge in [-0.15, -0.1) is 0 Å². The lowest BCUT2D eigenvalue weighted by molar-refractivity contribution is 0.122. The van der Waals surface area contributed by atoms with E-state index in [0.29, 0.717) is 16.8 Å². The fraction of sp³-hybridized carbons (Fsp3) is 0.500. The first-order valence-electron chi connectivity index (χ1n) is 11.5. The molecule has 174 valence electrons. The van der Waals surface area contributed by atoms with E-state index in [-0.39, 0.29) is 6.10 Å². The van der Waals surface area contributed by atoms with Gasteiger partial charge in [-0.1, -0.05) is 11.6 Å². The number of ether oxygens (including phenoxy) is 3. The number of morpholine rings is 1. The van der Waals surface area contributed by atoms with Gasteiger partial charge in [-0.25, -0.2) is 15.0 Å². The molecule has 0 N–H and O–H groups in total. The Hall–Kier alpha value is -2.71. The highest BCUT2D eigenvalue weighted by Gasteiger charge is 2.26. The fourth-order valence-electron chi connectivity index (χ4n) is 4.76. The second-order valence-corrected chi connectivity index (χ2v) is 8.93. The maximum Gasteiger partial charge on any atom is 0.177 e. The van der Waals surface area contributed by atoms with Crippen molar-refractivity contribution in [2.24, 2.45) is 5.92 Å². The molecule has 1 saturated carbocycles. The number of hydrogen-bond donors (Lipinski definition) is 0. The number of benzene rings is 1. The number of nitrogens with zero attached hydrogens (tertiary/aromatic N) is 5. The summed E-state index contributed by atoms with van der Waals surface area (Å²) in [5.74, 6) is 1.92. The largest absolute Gasteiger partial charge is 0.492 e. The maximum atomic E-state index is 6.53. The van der Waals surface area contributed by atoms with Gasteiger partial charge < -0.3 is 19.1 Å². The Morgan fingerprint density at radius 1 is 1.03 bits per heavy atom. The SMILES string of the molecule is COc1c(Cl)ncnc1CC1CCC(Oc2cc(N3CCOCC3)cc3nccnc23)CC1. The standard InChI is InChI=1S/C24H28ClN5O3/c1-31-23-20(28-15-29-24(23)25)12-16-2-4-18(5-3-16)33-21-14-17(30-8-10-32-11-9-30)13-19-22(21)27-7-6-26-19/h6-7,13-16,18H,2-5,8-12H2,1H3. The predicted octanol–water partition coefficient (Wildman–Crippen LogP) is 4.10. The quantitative estimate of drug-likeness (QED) is 0.499. The summed E-state index contributed by atoms with van der Waals surface area (Å²) in [6, 6.07) is 4.21. The molecule has 1 aromatic carbocycles. The van der Waals surface area contributed by atoms with Crippen LogP contribution in [0.15, 0.2) is 30.9 Å². The molecular formula is C24H28ClN5O3. The van der Waals surface area contributed by atoms with E-state index in [1.165, 1.54) is 6.33 Å². The number of hydrogen-bond acceptors (Lipinski definition) is 8. The molecule has 2 aliphatic rings. The molecule has 5 rings (SSSR count). The summed E-state index contributed by atoms with van der Waals surface area (Å²) in [7, 11) is 1.61. The van der Waals surface area contributed by atoms with Crippen LogP contribution in [-0.4, -0.2) is 59.5 Å². The minimum atomic E-state index is 0.155. The number of methoxy groups -OCH3 is 1. The molecule has 0 radical (unpaired) electrons. The van der Waals surface area contributed by atoms with Crippen molar-refractivity contribution in [1.82, 2.24) is 19.9 Å². The lowest BCUT2D eigenvalue weighted by atomic mass is 9.84. The molecule has 0 amide bonds. The first-order valence-corrected chi connectivity index (χ1v) is 11.9. The van der Waals surface area contributed by atoms with Crippen LogP contribution in [0, 0.1) is 5.92 Å². The van der Waals surface area contributed by atoms with Gasteiger partial charge in [-0.05, 0) is 44.1 Å². The molecule has 2 aromatic heterocycles. The first kappa shape index (κ1) is 22.1. The molecule has 1 saturated heterocycles. The molecule has 33 heavy (non-hydrogen) atoms. The topological polar surface area (TPSA) is 82.5 Å². The minimum Gasteiger partial charge on any atom is -0.492 e. The van der Waals surface area contributed by atoms with E-state index in [4.69, 9.17) is 25.8 Å². The Morgan fingerprint density at radius 3 is 2.61 bits per heavy atom. The van der Waals surface area contributed by atoms with Crippen LogP contribution in [0.2, 0.25) is 5.15 Å². The molecule has 1 aliphatic heterocycles. The monoisotopic (exact) mass is 469 g/mol. The third kappa shape index (κ3) is 4.96. The highest BCUT2D eigenvalue weighted by molar-refractivity contribution is 6.30. The summed E-state index contributed by atoms with van der Waals surface area (Å²) in [4.78, 5) is 19.8. The summed E-state index contributed by atoms with van der Waals surface area (Å²) in [5.41, 5.74) is 3.67. The fourth-order valence-corrected chi connectivity index (χ4v) is 4.99. The maximum absolute atomic E-state index is 6.53.